The first-order valence-corrected chi connectivity index (χ1v) is 8.59. The molecule has 1 aromatic carbocycles. The van der Waals surface area contributed by atoms with Gasteiger partial charge in [-0.3, -0.25) is 9.59 Å². The summed E-state index contributed by atoms with van der Waals surface area (Å²) in [5.41, 5.74) is 6.94. The fraction of sp³-hybridized carbons (Fsp3) is 0.556. The Kier molecular flexibility index (Phi) is 7.06. The van der Waals surface area contributed by atoms with Crippen molar-refractivity contribution in [2.45, 2.75) is 45.2 Å². The molecular formula is C18H27N3O3. The average molecular weight is 333 g/mol. The Morgan fingerprint density at radius 3 is 2.79 bits per heavy atom. The topological polar surface area (TPSA) is 93.5 Å². The number of hydrogen-bond donors (Lipinski definition) is 3. The molecule has 0 heterocycles. The number of carbonyl (C=O) groups is 2. The van der Waals surface area contributed by atoms with Gasteiger partial charge in [0.15, 0.2) is 6.61 Å². The molecule has 0 saturated heterocycles. The molecule has 4 N–H and O–H groups in total. The van der Waals surface area contributed by atoms with Crippen molar-refractivity contribution in [1.29, 1.82) is 0 Å². The fourth-order valence-corrected chi connectivity index (χ4v) is 2.97. The Labute approximate surface area is 143 Å². The van der Waals surface area contributed by atoms with Crippen LogP contribution in [0, 0.1) is 5.92 Å². The van der Waals surface area contributed by atoms with Gasteiger partial charge in [-0.05, 0) is 43.4 Å². The first-order valence-electron chi connectivity index (χ1n) is 8.59. The highest BCUT2D eigenvalue weighted by Gasteiger charge is 2.25. The van der Waals surface area contributed by atoms with Crippen molar-refractivity contribution in [3.8, 4) is 5.75 Å². The fourth-order valence-electron chi connectivity index (χ4n) is 2.97. The van der Waals surface area contributed by atoms with Crippen molar-refractivity contribution in [3.05, 3.63) is 29.8 Å². The van der Waals surface area contributed by atoms with E-state index in [0.717, 1.165) is 24.8 Å². The van der Waals surface area contributed by atoms with Gasteiger partial charge in [0.25, 0.3) is 5.91 Å². The summed E-state index contributed by atoms with van der Waals surface area (Å²) in [5.74, 6) is 0.803. The summed E-state index contributed by atoms with van der Waals surface area (Å²) >= 11 is 0. The number of amides is 2. The van der Waals surface area contributed by atoms with Crippen molar-refractivity contribution < 1.29 is 14.3 Å². The van der Waals surface area contributed by atoms with Crippen molar-refractivity contribution in [2.24, 2.45) is 11.7 Å². The third-order valence-electron chi connectivity index (χ3n) is 4.30. The van der Waals surface area contributed by atoms with Gasteiger partial charge in [-0.1, -0.05) is 18.6 Å². The van der Waals surface area contributed by atoms with Gasteiger partial charge in [-0.15, -0.1) is 0 Å². The van der Waals surface area contributed by atoms with Crippen molar-refractivity contribution >= 4 is 11.8 Å². The van der Waals surface area contributed by atoms with Gasteiger partial charge >= 0.3 is 0 Å². The van der Waals surface area contributed by atoms with Crippen LogP contribution in [0.2, 0.25) is 0 Å². The zero-order valence-corrected chi connectivity index (χ0v) is 14.2. The molecule has 2 rings (SSSR count). The summed E-state index contributed by atoms with van der Waals surface area (Å²) in [6.45, 7) is 2.88. The maximum atomic E-state index is 12.0. The van der Waals surface area contributed by atoms with Crippen LogP contribution in [0.15, 0.2) is 24.3 Å². The Bertz CT molecular complexity index is 562. The van der Waals surface area contributed by atoms with Gasteiger partial charge in [0.1, 0.15) is 5.75 Å². The number of carbonyl (C=O) groups excluding carboxylic acids is 2. The van der Waals surface area contributed by atoms with Crippen LogP contribution in [0.25, 0.3) is 0 Å². The van der Waals surface area contributed by atoms with Crippen LogP contribution in [-0.4, -0.2) is 31.0 Å². The van der Waals surface area contributed by atoms with Crippen molar-refractivity contribution in [1.82, 2.24) is 10.6 Å². The van der Waals surface area contributed by atoms with Gasteiger partial charge in [-0.25, -0.2) is 0 Å². The second kappa shape index (κ2) is 9.27. The standard InChI is InChI=1S/C18H27N3O3/c1-2-20-18(23)12-24-15-7-3-5-13(9-15)11-21-17(22)10-14-6-4-8-16(14)19/h3,5,7,9,14,16H,2,4,6,8,10-12,19H2,1H3,(H,20,23)(H,21,22)/t14-,16+/m0/s1. The predicted molar refractivity (Wildman–Crippen MR) is 92.4 cm³/mol. The van der Waals surface area contributed by atoms with E-state index in [-0.39, 0.29) is 24.5 Å². The van der Waals surface area contributed by atoms with Gasteiger partial charge in [0, 0.05) is 25.6 Å². The SMILES string of the molecule is CCNC(=O)COc1cccc(CNC(=O)C[C@@H]2CCC[C@H]2N)c1. The van der Waals surface area contributed by atoms with Crippen LogP contribution in [0.3, 0.4) is 0 Å². The summed E-state index contributed by atoms with van der Waals surface area (Å²) in [6.07, 6.45) is 3.67. The maximum absolute atomic E-state index is 12.0. The molecule has 1 aliphatic rings. The van der Waals surface area contributed by atoms with Crippen molar-refractivity contribution in [3.63, 3.8) is 0 Å². The Balaban J connectivity index is 1.77. The minimum atomic E-state index is -0.149. The van der Waals surface area contributed by atoms with Crippen LogP contribution in [0.1, 0.15) is 38.2 Å². The number of nitrogens with one attached hydrogen (secondary N) is 2. The number of ether oxygens (including phenoxy) is 1. The van der Waals surface area contributed by atoms with Gasteiger partial charge in [-0.2, -0.15) is 0 Å². The highest BCUT2D eigenvalue weighted by molar-refractivity contribution is 5.77. The first kappa shape index (κ1) is 18.3. The molecule has 0 aromatic heterocycles. The monoisotopic (exact) mass is 333 g/mol. The molecule has 2 atom stereocenters. The maximum Gasteiger partial charge on any atom is 0.257 e. The van der Waals surface area contributed by atoms with E-state index >= 15 is 0 Å². The molecule has 1 aliphatic carbocycles. The smallest absolute Gasteiger partial charge is 0.257 e. The number of nitrogens with two attached hydrogens (primary N) is 1. The molecular weight excluding hydrogens is 306 g/mol. The largest absolute Gasteiger partial charge is 0.484 e. The molecule has 0 bridgehead atoms. The normalized spacial score (nSPS) is 19.8. The number of hydrogen-bond acceptors (Lipinski definition) is 4. The molecule has 1 aromatic rings. The van der Waals surface area contributed by atoms with E-state index in [0.29, 0.717) is 31.2 Å². The minimum absolute atomic E-state index is 0.0107. The van der Waals surface area contributed by atoms with Crippen LogP contribution in [0.5, 0.6) is 5.75 Å². The lowest BCUT2D eigenvalue weighted by Gasteiger charge is -2.15. The van der Waals surface area contributed by atoms with Crippen LogP contribution < -0.4 is 21.1 Å². The molecule has 6 heteroatoms. The van der Waals surface area contributed by atoms with Crippen LogP contribution in [0.4, 0.5) is 0 Å². The highest BCUT2D eigenvalue weighted by atomic mass is 16.5. The molecule has 0 aliphatic heterocycles. The molecule has 0 radical (unpaired) electrons. The number of benzene rings is 1. The van der Waals surface area contributed by atoms with E-state index in [9.17, 15) is 9.59 Å². The third kappa shape index (κ3) is 5.85. The zero-order chi connectivity index (χ0) is 17.4. The highest BCUT2D eigenvalue weighted by Crippen LogP contribution is 2.26. The van der Waals surface area contributed by atoms with E-state index in [1.165, 1.54) is 0 Å². The number of rotatable bonds is 8. The Morgan fingerprint density at radius 1 is 1.25 bits per heavy atom. The third-order valence-corrected chi connectivity index (χ3v) is 4.30. The van der Waals surface area contributed by atoms with Crippen LogP contribution >= 0.6 is 0 Å². The summed E-state index contributed by atoms with van der Waals surface area (Å²) in [5, 5.41) is 5.61. The molecule has 0 unspecified atom stereocenters. The van der Waals surface area contributed by atoms with E-state index in [1.807, 2.05) is 25.1 Å². The van der Waals surface area contributed by atoms with Crippen molar-refractivity contribution in [2.75, 3.05) is 13.2 Å². The summed E-state index contributed by atoms with van der Waals surface area (Å²) in [7, 11) is 0. The lowest BCUT2D eigenvalue weighted by atomic mass is 10.00. The predicted octanol–water partition coefficient (Wildman–Crippen LogP) is 1.34. The molecule has 1 saturated carbocycles. The molecule has 1 fully saturated rings. The summed E-state index contributed by atoms with van der Waals surface area (Å²) < 4.78 is 5.45. The lowest BCUT2D eigenvalue weighted by molar-refractivity contribution is -0.123. The Morgan fingerprint density at radius 2 is 2.08 bits per heavy atom. The Hall–Kier alpha value is -2.08. The van der Waals surface area contributed by atoms with E-state index < -0.39 is 0 Å². The van der Waals surface area contributed by atoms with Gasteiger partial charge in [0.05, 0.1) is 0 Å². The second-order valence-corrected chi connectivity index (χ2v) is 6.23. The molecule has 0 spiro atoms. The lowest BCUT2D eigenvalue weighted by Crippen LogP contribution is -2.31. The second-order valence-electron chi connectivity index (χ2n) is 6.23. The average Bonchev–Trinajstić information content (AvgIpc) is 2.97. The quantitative estimate of drug-likeness (QED) is 0.669. The summed E-state index contributed by atoms with van der Waals surface area (Å²) in [4.78, 5) is 23.4. The van der Waals surface area contributed by atoms with Gasteiger partial charge in [0.2, 0.25) is 5.91 Å². The van der Waals surface area contributed by atoms with E-state index in [4.69, 9.17) is 10.5 Å². The molecule has 24 heavy (non-hydrogen) atoms. The zero-order valence-electron chi connectivity index (χ0n) is 14.2. The summed E-state index contributed by atoms with van der Waals surface area (Å²) in [6, 6.07) is 7.55. The van der Waals surface area contributed by atoms with E-state index in [2.05, 4.69) is 10.6 Å². The van der Waals surface area contributed by atoms with E-state index in [1.54, 1.807) is 6.07 Å². The first-order chi connectivity index (χ1) is 11.6. The number of likely N-dealkylation sites (N-methyl/N-ethyl adjacent to an activating group) is 1. The van der Waals surface area contributed by atoms with Crippen LogP contribution in [-0.2, 0) is 16.1 Å². The molecule has 2 amide bonds. The molecule has 132 valence electrons. The molecule has 6 nitrogen and oxygen atoms in total. The minimum Gasteiger partial charge on any atom is -0.484 e. The van der Waals surface area contributed by atoms with Gasteiger partial charge < -0.3 is 21.1 Å².